The quantitative estimate of drug-likeness (QED) is 0.751. The fourth-order valence-electron chi connectivity index (χ4n) is 3.14. The number of nitrogens with one attached hydrogen (secondary N) is 1. The van der Waals surface area contributed by atoms with Crippen molar-refractivity contribution >= 4 is 33.4 Å². The molecular weight excluding hydrogens is 402 g/mol. The SMILES string of the molecule is CCNC(=O)C1CCCN(C(=O)c2cc(S(=O)(=O)N(C)C(C)C)ccc2Cl)C1. The molecule has 1 saturated heterocycles. The zero-order valence-electron chi connectivity index (χ0n) is 16.7. The van der Waals surface area contributed by atoms with Crippen LogP contribution in [0.1, 0.15) is 44.0 Å². The molecule has 0 radical (unpaired) electrons. The Bertz CT molecular complexity index is 842. The lowest BCUT2D eigenvalue weighted by Crippen LogP contribution is -2.45. The Morgan fingerprint density at radius 2 is 2.04 bits per heavy atom. The third kappa shape index (κ3) is 4.85. The van der Waals surface area contributed by atoms with Crippen LogP contribution in [0.4, 0.5) is 0 Å². The number of carbonyl (C=O) groups excluding carboxylic acids is 2. The Hall–Kier alpha value is -1.64. The molecule has 9 heteroatoms. The van der Waals surface area contributed by atoms with Crippen molar-refractivity contribution in [2.24, 2.45) is 5.92 Å². The van der Waals surface area contributed by atoms with E-state index in [9.17, 15) is 18.0 Å². The summed E-state index contributed by atoms with van der Waals surface area (Å²) in [5, 5.41) is 2.98. The van der Waals surface area contributed by atoms with Gasteiger partial charge in [0.25, 0.3) is 5.91 Å². The van der Waals surface area contributed by atoms with Gasteiger partial charge in [0.05, 0.1) is 21.4 Å². The van der Waals surface area contributed by atoms with Gasteiger partial charge >= 0.3 is 0 Å². The van der Waals surface area contributed by atoms with Gasteiger partial charge in [0.2, 0.25) is 15.9 Å². The maximum atomic E-state index is 13.0. The Labute approximate surface area is 172 Å². The van der Waals surface area contributed by atoms with Crippen molar-refractivity contribution in [1.29, 1.82) is 0 Å². The molecule has 28 heavy (non-hydrogen) atoms. The first-order valence-electron chi connectivity index (χ1n) is 9.44. The number of amides is 2. The van der Waals surface area contributed by atoms with E-state index in [1.807, 2.05) is 6.92 Å². The van der Waals surface area contributed by atoms with E-state index in [4.69, 9.17) is 11.6 Å². The Morgan fingerprint density at radius 3 is 2.64 bits per heavy atom. The smallest absolute Gasteiger partial charge is 0.255 e. The maximum absolute atomic E-state index is 13.0. The van der Waals surface area contributed by atoms with Crippen molar-refractivity contribution in [3.63, 3.8) is 0 Å². The highest BCUT2D eigenvalue weighted by atomic mass is 35.5. The Morgan fingerprint density at radius 1 is 1.36 bits per heavy atom. The molecular formula is C19H28ClN3O4S. The molecule has 0 aliphatic carbocycles. The standard InChI is InChI=1S/C19H28ClN3O4S/c1-5-21-18(24)14-7-6-10-23(12-14)19(25)16-11-15(8-9-17(16)20)28(26,27)22(4)13(2)3/h8-9,11,13-14H,5-7,10,12H2,1-4H3,(H,21,24). The number of carbonyl (C=O) groups is 2. The molecule has 0 spiro atoms. The first-order chi connectivity index (χ1) is 13.1. The second-order valence-electron chi connectivity index (χ2n) is 7.24. The van der Waals surface area contributed by atoms with Gasteiger partial charge in [-0.25, -0.2) is 8.42 Å². The van der Waals surface area contributed by atoms with Gasteiger partial charge in [-0.15, -0.1) is 0 Å². The van der Waals surface area contributed by atoms with Gasteiger partial charge in [-0.05, 0) is 51.8 Å². The molecule has 1 fully saturated rings. The monoisotopic (exact) mass is 429 g/mol. The molecule has 2 amide bonds. The molecule has 0 bridgehead atoms. The number of piperidine rings is 1. The van der Waals surface area contributed by atoms with Crippen LogP contribution in [-0.2, 0) is 14.8 Å². The summed E-state index contributed by atoms with van der Waals surface area (Å²) < 4.78 is 26.8. The van der Waals surface area contributed by atoms with Gasteiger partial charge in [0, 0.05) is 32.7 Å². The topological polar surface area (TPSA) is 86.8 Å². The summed E-state index contributed by atoms with van der Waals surface area (Å²) in [6, 6.07) is 3.94. The first kappa shape index (κ1) is 22.6. The number of likely N-dealkylation sites (tertiary alicyclic amines) is 1. The molecule has 1 aromatic carbocycles. The fourth-order valence-corrected chi connectivity index (χ4v) is 4.73. The average Bonchev–Trinajstić information content (AvgIpc) is 2.67. The highest BCUT2D eigenvalue weighted by molar-refractivity contribution is 7.89. The number of sulfonamides is 1. The number of nitrogens with zero attached hydrogens (tertiary/aromatic N) is 2. The normalized spacial score (nSPS) is 17.8. The highest BCUT2D eigenvalue weighted by Crippen LogP contribution is 2.26. The van der Waals surface area contributed by atoms with Crippen LogP contribution in [0.5, 0.6) is 0 Å². The first-order valence-corrected chi connectivity index (χ1v) is 11.3. The van der Waals surface area contributed by atoms with Crippen molar-refractivity contribution in [2.75, 3.05) is 26.7 Å². The van der Waals surface area contributed by atoms with Crippen LogP contribution in [0.25, 0.3) is 0 Å². The van der Waals surface area contributed by atoms with Crippen LogP contribution in [-0.4, -0.2) is 62.2 Å². The summed E-state index contributed by atoms with van der Waals surface area (Å²) in [6.07, 6.45) is 1.43. The molecule has 0 aromatic heterocycles. The molecule has 1 unspecified atom stereocenters. The van der Waals surface area contributed by atoms with E-state index in [1.54, 1.807) is 18.7 Å². The van der Waals surface area contributed by atoms with Crippen molar-refractivity contribution in [3.05, 3.63) is 28.8 Å². The van der Waals surface area contributed by atoms with E-state index in [1.165, 1.54) is 29.6 Å². The minimum absolute atomic E-state index is 0.0220. The number of hydrogen-bond donors (Lipinski definition) is 1. The van der Waals surface area contributed by atoms with Crippen LogP contribution < -0.4 is 5.32 Å². The zero-order valence-corrected chi connectivity index (χ0v) is 18.3. The zero-order chi connectivity index (χ0) is 21.1. The summed E-state index contributed by atoms with van der Waals surface area (Å²) in [4.78, 5) is 26.8. The second kappa shape index (κ2) is 9.24. The Kier molecular flexibility index (Phi) is 7.47. The van der Waals surface area contributed by atoms with E-state index in [-0.39, 0.29) is 39.3 Å². The van der Waals surface area contributed by atoms with E-state index in [0.29, 0.717) is 26.1 Å². The number of benzene rings is 1. The highest BCUT2D eigenvalue weighted by Gasteiger charge is 2.31. The van der Waals surface area contributed by atoms with Crippen LogP contribution in [0.2, 0.25) is 5.02 Å². The van der Waals surface area contributed by atoms with Crippen LogP contribution in [0, 0.1) is 5.92 Å². The third-order valence-corrected chi connectivity index (χ3v) is 7.36. The van der Waals surface area contributed by atoms with Gasteiger partial charge < -0.3 is 10.2 Å². The lowest BCUT2D eigenvalue weighted by atomic mass is 9.96. The van der Waals surface area contributed by atoms with Gasteiger partial charge in [0.15, 0.2) is 0 Å². The second-order valence-corrected chi connectivity index (χ2v) is 9.65. The summed E-state index contributed by atoms with van der Waals surface area (Å²) in [5.41, 5.74) is 0.136. The van der Waals surface area contributed by atoms with E-state index in [0.717, 1.165) is 6.42 Å². The maximum Gasteiger partial charge on any atom is 0.255 e. The summed E-state index contributed by atoms with van der Waals surface area (Å²) in [5.74, 6) is -0.695. The van der Waals surface area contributed by atoms with Crippen molar-refractivity contribution in [1.82, 2.24) is 14.5 Å². The molecule has 156 valence electrons. The average molecular weight is 430 g/mol. The lowest BCUT2D eigenvalue weighted by Gasteiger charge is -2.32. The van der Waals surface area contributed by atoms with Crippen LogP contribution in [0.3, 0.4) is 0 Å². The largest absolute Gasteiger partial charge is 0.356 e. The number of halogens is 1. The van der Waals surface area contributed by atoms with Gasteiger partial charge in [-0.3, -0.25) is 9.59 Å². The fraction of sp³-hybridized carbons (Fsp3) is 0.579. The summed E-state index contributed by atoms with van der Waals surface area (Å²) in [7, 11) is -2.24. The third-order valence-electron chi connectivity index (χ3n) is 5.00. The van der Waals surface area contributed by atoms with Gasteiger partial charge in [-0.2, -0.15) is 4.31 Å². The molecule has 0 saturated carbocycles. The summed E-state index contributed by atoms with van der Waals surface area (Å²) >= 11 is 6.22. The van der Waals surface area contributed by atoms with Gasteiger partial charge in [-0.1, -0.05) is 11.6 Å². The van der Waals surface area contributed by atoms with E-state index >= 15 is 0 Å². The van der Waals surface area contributed by atoms with Crippen molar-refractivity contribution in [2.45, 2.75) is 44.6 Å². The summed E-state index contributed by atoms with van der Waals surface area (Å²) in [6.45, 7) is 6.74. The van der Waals surface area contributed by atoms with E-state index in [2.05, 4.69) is 5.32 Å². The number of rotatable bonds is 6. The predicted molar refractivity (Wildman–Crippen MR) is 109 cm³/mol. The number of hydrogen-bond acceptors (Lipinski definition) is 4. The van der Waals surface area contributed by atoms with Crippen molar-refractivity contribution < 1.29 is 18.0 Å². The van der Waals surface area contributed by atoms with Gasteiger partial charge in [0.1, 0.15) is 0 Å². The predicted octanol–water partition coefficient (Wildman–Crippen LogP) is 2.36. The molecule has 2 rings (SSSR count). The van der Waals surface area contributed by atoms with Crippen LogP contribution in [0.15, 0.2) is 23.1 Å². The molecule has 7 nitrogen and oxygen atoms in total. The van der Waals surface area contributed by atoms with Crippen LogP contribution >= 0.6 is 11.6 Å². The van der Waals surface area contributed by atoms with Crippen molar-refractivity contribution in [3.8, 4) is 0 Å². The minimum Gasteiger partial charge on any atom is -0.356 e. The molecule has 1 atom stereocenters. The van der Waals surface area contributed by atoms with E-state index < -0.39 is 10.0 Å². The Balaban J connectivity index is 2.29. The molecule has 1 N–H and O–H groups in total. The molecule has 1 aliphatic heterocycles. The molecule has 1 heterocycles. The minimum atomic E-state index is -3.73. The molecule has 1 aromatic rings. The molecule has 1 aliphatic rings. The lowest BCUT2D eigenvalue weighted by molar-refractivity contribution is -0.126.